The van der Waals surface area contributed by atoms with Crippen molar-refractivity contribution in [1.29, 1.82) is 0 Å². The van der Waals surface area contributed by atoms with Gasteiger partial charge in [0.15, 0.2) is 5.11 Å². The smallest absolute Gasteiger partial charge is 0.257 e. The molecule has 6 heteroatoms. The van der Waals surface area contributed by atoms with E-state index in [0.717, 1.165) is 11.3 Å². The summed E-state index contributed by atoms with van der Waals surface area (Å²) < 4.78 is 5.64. The molecule has 132 valence electrons. The average Bonchev–Trinajstić information content (AvgIpc) is 2.57. The van der Waals surface area contributed by atoms with Crippen molar-refractivity contribution in [2.45, 2.75) is 20.8 Å². The Bertz CT molecular complexity index is 778. The second-order valence-corrected chi connectivity index (χ2v) is 6.87. The van der Waals surface area contributed by atoms with E-state index in [1.165, 1.54) is 0 Å². The van der Waals surface area contributed by atoms with E-state index in [-0.39, 0.29) is 11.0 Å². The number of thiocarbonyl (C=S) groups is 1. The largest absolute Gasteiger partial charge is 0.493 e. The summed E-state index contributed by atoms with van der Waals surface area (Å²) in [6, 6.07) is 12.5. The van der Waals surface area contributed by atoms with Crippen LogP contribution in [0.1, 0.15) is 29.8 Å². The van der Waals surface area contributed by atoms with Crippen LogP contribution in [-0.2, 0) is 0 Å². The van der Waals surface area contributed by atoms with E-state index in [9.17, 15) is 4.79 Å². The summed E-state index contributed by atoms with van der Waals surface area (Å²) in [4.78, 5) is 12.4. The summed E-state index contributed by atoms with van der Waals surface area (Å²) in [5.74, 6) is 0.772. The number of ether oxygens (including phenoxy) is 1. The molecule has 0 spiro atoms. The summed E-state index contributed by atoms with van der Waals surface area (Å²) in [5, 5.41) is 6.50. The Hall–Kier alpha value is -2.11. The lowest BCUT2D eigenvalue weighted by molar-refractivity contribution is 0.0977. The Labute approximate surface area is 158 Å². The molecule has 2 rings (SSSR count). The number of anilines is 1. The van der Waals surface area contributed by atoms with Gasteiger partial charge < -0.3 is 10.1 Å². The van der Waals surface area contributed by atoms with E-state index in [1.807, 2.05) is 25.1 Å². The lowest BCUT2D eigenvalue weighted by Crippen LogP contribution is -2.34. The molecule has 0 radical (unpaired) electrons. The number of benzene rings is 2. The average molecular weight is 377 g/mol. The highest BCUT2D eigenvalue weighted by Gasteiger charge is 2.10. The maximum atomic E-state index is 12.4. The van der Waals surface area contributed by atoms with E-state index < -0.39 is 0 Å². The van der Waals surface area contributed by atoms with Crippen molar-refractivity contribution in [2.24, 2.45) is 5.92 Å². The first-order valence-corrected chi connectivity index (χ1v) is 8.75. The van der Waals surface area contributed by atoms with Crippen LogP contribution in [0.15, 0.2) is 42.5 Å². The summed E-state index contributed by atoms with van der Waals surface area (Å²) in [5.41, 5.74) is 2.10. The summed E-state index contributed by atoms with van der Waals surface area (Å²) in [6.07, 6.45) is 0. The SMILES string of the molecule is Cc1c(Cl)cccc1NC(=S)NC(=O)c1cccc(OCC(C)C)c1. The lowest BCUT2D eigenvalue weighted by Gasteiger charge is -2.13. The van der Waals surface area contributed by atoms with Gasteiger partial charge in [0.25, 0.3) is 5.91 Å². The molecule has 2 aromatic carbocycles. The molecule has 0 aliphatic carbocycles. The molecule has 1 amide bonds. The fourth-order valence-corrected chi connectivity index (χ4v) is 2.44. The minimum absolute atomic E-state index is 0.212. The molecule has 0 aromatic heterocycles. The fourth-order valence-electron chi connectivity index (χ4n) is 2.06. The van der Waals surface area contributed by atoms with Gasteiger partial charge in [0.1, 0.15) is 5.75 Å². The molecule has 2 N–H and O–H groups in total. The molecule has 0 fully saturated rings. The van der Waals surface area contributed by atoms with E-state index in [4.69, 9.17) is 28.6 Å². The maximum absolute atomic E-state index is 12.4. The number of rotatable bonds is 5. The Morgan fingerprint density at radius 1 is 1.24 bits per heavy atom. The molecule has 0 saturated heterocycles. The molecule has 4 nitrogen and oxygen atoms in total. The van der Waals surface area contributed by atoms with Crippen molar-refractivity contribution in [3.63, 3.8) is 0 Å². The van der Waals surface area contributed by atoms with Crippen LogP contribution in [0.4, 0.5) is 5.69 Å². The highest BCUT2D eigenvalue weighted by molar-refractivity contribution is 7.80. The van der Waals surface area contributed by atoms with Gasteiger partial charge in [-0.2, -0.15) is 0 Å². The lowest BCUT2D eigenvalue weighted by atomic mass is 10.2. The fraction of sp³-hybridized carbons (Fsp3) is 0.263. The van der Waals surface area contributed by atoms with Crippen LogP contribution in [0.5, 0.6) is 5.75 Å². The summed E-state index contributed by atoms with van der Waals surface area (Å²) in [7, 11) is 0. The van der Waals surface area contributed by atoms with Gasteiger partial charge in [0.05, 0.1) is 6.61 Å². The van der Waals surface area contributed by atoms with Gasteiger partial charge in [-0.25, -0.2) is 0 Å². The van der Waals surface area contributed by atoms with Crippen molar-refractivity contribution in [2.75, 3.05) is 11.9 Å². The van der Waals surface area contributed by atoms with E-state index in [2.05, 4.69) is 24.5 Å². The molecule has 0 aliphatic heterocycles. The van der Waals surface area contributed by atoms with Gasteiger partial charge in [-0.3, -0.25) is 10.1 Å². The number of hydrogen-bond acceptors (Lipinski definition) is 3. The number of carbonyl (C=O) groups excluding carboxylic acids is 1. The number of hydrogen-bond donors (Lipinski definition) is 2. The number of nitrogens with one attached hydrogen (secondary N) is 2. The molecule has 0 atom stereocenters. The van der Waals surface area contributed by atoms with Gasteiger partial charge in [-0.1, -0.05) is 37.6 Å². The number of halogens is 1. The van der Waals surface area contributed by atoms with E-state index in [1.54, 1.807) is 24.3 Å². The van der Waals surface area contributed by atoms with Gasteiger partial charge in [0, 0.05) is 16.3 Å². The Kier molecular flexibility index (Phi) is 6.79. The predicted octanol–water partition coefficient (Wildman–Crippen LogP) is 4.81. The zero-order chi connectivity index (χ0) is 18.4. The van der Waals surface area contributed by atoms with Crippen LogP contribution < -0.4 is 15.4 Å². The highest BCUT2D eigenvalue weighted by atomic mass is 35.5. The molecule has 0 heterocycles. The number of carbonyl (C=O) groups is 1. The molecule has 0 aliphatic rings. The van der Waals surface area contributed by atoms with Crippen molar-refractivity contribution < 1.29 is 9.53 Å². The van der Waals surface area contributed by atoms with Gasteiger partial charge in [-0.15, -0.1) is 0 Å². The third-order valence-electron chi connectivity index (χ3n) is 3.42. The summed E-state index contributed by atoms with van der Waals surface area (Å²) >= 11 is 11.3. The van der Waals surface area contributed by atoms with Gasteiger partial charge in [0.2, 0.25) is 0 Å². The topological polar surface area (TPSA) is 50.4 Å². The Morgan fingerprint density at radius 2 is 1.96 bits per heavy atom. The molecule has 0 bridgehead atoms. The van der Waals surface area contributed by atoms with E-state index in [0.29, 0.717) is 28.9 Å². The minimum Gasteiger partial charge on any atom is -0.493 e. The standard InChI is InChI=1S/C19H21ClN2O2S/c1-12(2)11-24-15-7-4-6-14(10-15)18(23)22-19(25)21-17-9-5-8-16(20)13(17)3/h4-10,12H,11H2,1-3H3,(H2,21,22,23,25). The maximum Gasteiger partial charge on any atom is 0.257 e. The van der Waals surface area contributed by atoms with E-state index >= 15 is 0 Å². The van der Waals surface area contributed by atoms with Crippen LogP contribution in [0.3, 0.4) is 0 Å². The monoisotopic (exact) mass is 376 g/mol. The second kappa shape index (κ2) is 8.83. The van der Waals surface area contributed by atoms with Gasteiger partial charge >= 0.3 is 0 Å². The van der Waals surface area contributed by atoms with Crippen LogP contribution in [-0.4, -0.2) is 17.6 Å². The first kappa shape index (κ1) is 19.2. The van der Waals surface area contributed by atoms with Crippen LogP contribution in [0.2, 0.25) is 5.02 Å². The normalized spacial score (nSPS) is 10.4. The van der Waals surface area contributed by atoms with Crippen LogP contribution in [0.25, 0.3) is 0 Å². The van der Waals surface area contributed by atoms with Crippen molar-refractivity contribution >= 4 is 40.5 Å². The molecule has 2 aromatic rings. The third-order valence-corrected chi connectivity index (χ3v) is 4.04. The molecule has 25 heavy (non-hydrogen) atoms. The highest BCUT2D eigenvalue weighted by Crippen LogP contribution is 2.22. The number of amides is 1. The first-order chi connectivity index (χ1) is 11.9. The minimum atomic E-state index is -0.299. The predicted molar refractivity (Wildman–Crippen MR) is 107 cm³/mol. The first-order valence-electron chi connectivity index (χ1n) is 7.97. The zero-order valence-corrected chi connectivity index (χ0v) is 16.0. The molecule has 0 unspecified atom stereocenters. The third kappa shape index (κ3) is 5.73. The van der Waals surface area contributed by atoms with Gasteiger partial charge in [-0.05, 0) is 61.0 Å². The quantitative estimate of drug-likeness (QED) is 0.735. The Balaban J connectivity index is 2.00. The molecule has 0 saturated carbocycles. The Morgan fingerprint density at radius 3 is 2.68 bits per heavy atom. The van der Waals surface area contributed by atoms with Crippen LogP contribution >= 0.6 is 23.8 Å². The van der Waals surface area contributed by atoms with Crippen molar-refractivity contribution in [3.05, 3.63) is 58.6 Å². The van der Waals surface area contributed by atoms with Crippen molar-refractivity contribution in [1.82, 2.24) is 5.32 Å². The second-order valence-electron chi connectivity index (χ2n) is 6.05. The zero-order valence-electron chi connectivity index (χ0n) is 14.4. The summed E-state index contributed by atoms with van der Waals surface area (Å²) in [6.45, 7) is 6.61. The van der Waals surface area contributed by atoms with Crippen molar-refractivity contribution in [3.8, 4) is 5.75 Å². The molecular formula is C19H21ClN2O2S. The van der Waals surface area contributed by atoms with Crippen LogP contribution in [0, 0.1) is 12.8 Å². The molecular weight excluding hydrogens is 356 g/mol.